The maximum Gasteiger partial charge on any atom is 0.220 e. The highest BCUT2D eigenvalue weighted by molar-refractivity contribution is 6.36. The fourth-order valence-corrected chi connectivity index (χ4v) is 3.20. The Labute approximate surface area is 162 Å². The van der Waals surface area contributed by atoms with E-state index in [1.165, 1.54) is 0 Å². The maximum absolute atomic E-state index is 12.1. The summed E-state index contributed by atoms with van der Waals surface area (Å²) in [5.41, 5.74) is 3.68. The summed E-state index contributed by atoms with van der Waals surface area (Å²) in [6.45, 7) is 0.413. The average molecular weight is 389 g/mol. The SMILES string of the molecule is Cn1cc(-c2cncc(CNC(=O)CCc3c(Cl)cccc3Cl)c2)cn1. The van der Waals surface area contributed by atoms with Crippen molar-refractivity contribution in [1.82, 2.24) is 20.1 Å². The number of nitrogens with zero attached hydrogens (tertiary/aromatic N) is 3. The molecule has 0 saturated heterocycles. The molecule has 0 unspecified atom stereocenters. The third-order valence-electron chi connectivity index (χ3n) is 3.99. The second-order valence-electron chi connectivity index (χ2n) is 5.96. The lowest BCUT2D eigenvalue weighted by Gasteiger charge is -2.08. The molecule has 0 radical (unpaired) electrons. The van der Waals surface area contributed by atoms with E-state index in [1.807, 2.05) is 19.3 Å². The number of carbonyl (C=O) groups excluding carboxylic acids is 1. The van der Waals surface area contributed by atoms with Crippen LogP contribution in [0.2, 0.25) is 10.0 Å². The molecule has 1 amide bonds. The number of nitrogens with one attached hydrogen (secondary N) is 1. The van der Waals surface area contributed by atoms with Gasteiger partial charge in [0.05, 0.1) is 6.20 Å². The molecule has 7 heteroatoms. The summed E-state index contributed by atoms with van der Waals surface area (Å²) >= 11 is 12.3. The van der Waals surface area contributed by atoms with Crippen LogP contribution in [0.25, 0.3) is 11.1 Å². The highest BCUT2D eigenvalue weighted by Gasteiger charge is 2.09. The van der Waals surface area contributed by atoms with Gasteiger partial charge in [0.15, 0.2) is 0 Å². The van der Waals surface area contributed by atoms with Crippen LogP contribution in [0.4, 0.5) is 0 Å². The van der Waals surface area contributed by atoms with Gasteiger partial charge in [0.2, 0.25) is 5.91 Å². The van der Waals surface area contributed by atoms with Crippen molar-refractivity contribution in [2.75, 3.05) is 0 Å². The molecule has 26 heavy (non-hydrogen) atoms. The van der Waals surface area contributed by atoms with Crippen LogP contribution in [0.5, 0.6) is 0 Å². The first kappa shape index (κ1) is 18.4. The number of aryl methyl sites for hydroxylation is 1. The minimum absolute atomic E-state index is 0.0623. The van der Waals surface area contributed by atoms with Gasteiger partial charge in [-0.25, -0.2) is 0 Å². The van der Waals surface area contributed by atoms with Crippen molar-refractivity contribution in [3.63, 3.8) is 0 Å². The van der Waals surface area contributed by atoms with E-state index in [-0.39, 0.29) is 5.91 Å². The Morgan fingerprint density at radius 1 is 1.15 bits per heavy atom. The molecule has 0 spiro atoms. The molecule has 2 aromatic heterocycles. The topological polar surface area (TPSA) is 59.8 Å². The average Bonchev–Trinajstić information content (AvgIpc) is 3.06. The zero-order valence-electron chi connectivity index (χ0n) is 14.2. The zero-order chi connectivity index (χ0) is 18.5. The molecule has 0 aliphatic carbocycles. The van der Waals surface area contributed by atoms with Crippen molar-refractivity contribution in [2.45, 2.75) is 19.4 Å². The Hall–Kier alpha value is -2.37. The van der Waals surface area contributed by atoms with Crippen LogP contribution >= 0.6 is 23.2 Å². The maximum atomic E-state index is 12.1. The minimum atomic E-state index is -0.0623. The molecule has 0 aliphatic heterocycles. The number of hydrogen-bond acceptors (Lipinski definition) is 3. The molecule has 1 N–H and O–H groups in total. The summed E-state index contributed by atoms with van der Waals surface area (Å²) in [6.07, 6.45) is 8.05. The second kappa shape index (κ2) is 8.34. The summed E-state index contributed by atoms with van der Waals surface area (Å²) < 4.78 is 1.74. The minimum Gasteiger partial charge on any atom is -0.352 e. The van der Waals surface area contributed by atoms with Gasteiger partial charge in [-0.15, -0.1) is 0 Å². The lowest BCUT2D eigenvalue weighted by Crippen LogP contribution is -2.23. The second-order valence-corrected chi connectivity index (χ2v) is 6.78. The van der Waals surface area contributed by atoms with Crippen molar-refractivity contribution in [2.24, 2.45) is 7.05 Å². The molecule has 0 bridgehead atoms. The number of amides is 1. The van der Waals surface area contributed by atoms with E-state index in [4.69, 9.17) is 23.2 Å². The molecule has 0 aliphatic rings. The van der Waals surface area contributed by atoms with E-state index in [0.29, 0.717) is 29.4 Å². The molecule has 0 fully saturated rings. The van der Waals surface area contributed by atoms with Gasteiger partial charge in [-0.3, -0.25) is 14.5 Å². The van der Waals surface area contributed by atoms with E-state index in [1.54, 1.807) is 41.5 Å². The van der Waals surface area contributed by atoms with Gasteiger partial charge in [-0.1, -0.05) is 29.3 Å². The van der Waals surface area contributed by atoms with Crippen molar-refractivity contribution in [3.8, 4) is 11.1 Å². The first-order chi connectivity index (χ1) is 12.5. The number of rotatable bonds is 6. The molecule has 134 valence electrons. The molecule has 5 nitrogen and oxygen atoms in total. The lowest BCUT2D eigenvalue weighted by atomic mass is 10.1. The molecule has 0 saturated carbocycles. The van der Waals surface area contributed by atoms with Gasteiger partial charge in [0.1, 0.15) is 0 Å². The number of carbonyl (C=O) groups is 1. The van der Waals surface area contributed by atoms with E-state index >= 15 is 0 Å². The fraction of sp³-hybridized carbons (Fsp3) is 0.211. The molecule has 0 atom stereocenters. The fourth-order valence-electron chi connectivity index (χ4n) is 2.61. The van der Waals surface area contributed by atoms with E-state index in [2.05, 4.69) is 15.4 Å². The Morgan fingerprint density at radius 3 is 2.62 bits per heavy atom. The molecule has 2 heterocycles. The first-order valence-electron chi connectivity index (χ1n) is 8.15. The van der Waals surface area contributed by atoms with Crippen molar-refractivity contribution < 1.29 is 4.79 Å². The number of benzene rings is 1. The highest BCUT2D eigenvalue weighted by Crippen LogP contribution is 2.25. The summed E-state index contributed by atoms with van der Waals surface area (Å²) in [7, 11) is 1.87. The first-order valence-corrected chi connectivity index (χ1v) is 8.91. The summed E-state index contributed by atoms with van der Waals surface area (Å²) in [4.78, 5) is 16.4. The molecular weight excluding hydrogens is 371 g/mol. The molecule has 3 rings (SSSR count). The van der Waals surface area contributed by atoms with Crippen LogP contribution in [0.1, 0.15) is 17.5 Å². The summed E-state index contributed by atoms with van der Waals surface area (Å²) in [5, 5.41) is 8.23. The largest absolute Gasteiger partial charge is 0.352 e. The van der Waals surface area contributed by atoms with Gasteiger partial charge in [0.25, 0.3) is 0 Å². The lowest BCUT2D eigenvalue weighted by molar-refractivity contribution is -0.121. The van der Waals surface area contributed by atoms with Crippen LogP contribution in [0.3, 0.4) is 0 Å². The smallest absolute Gasteiger partial charge is 0.220 e. The number of aromatic nitrogens is 3. The van der Waals surface area contributed by atoms with E-state index in [9.17, 15) is 4.79 Å². The van der Waals surface area contributed by atoms with Crippen LogP contribution in [0, 0.1) is 0 Å². The van der Waals surface area contributed by atoms with Crippen LogP contribution in [-0.4, -0.2) is 20.7 Å². The predicted molar refractivity (Wildman–Crippen MR) is 103 cm³/mol. The van der Waals surface area contributed by atoms with Gasteiger partial charge < -0.3 is 5.32 Å². The van der Waals surface area contributed by atoms with Gasteiger partial charge >= 0.3 is 0 Å². The monoisotopic (exact) mass is 388 g/mol. The van der Waals surface area contributed by atoms with Crippen LogP contribution < -0.4 is 5.32 Å². The zero-order valence-corrected chi connectivity index (χ0v) is 15.8. The van der Waals surface area contributed by atoms with Crippen LogP contribution in [0.15, 0.2) is 49.1 Å². The Kier molecular flexibility index (Phi) is 5.91. The molecule has 3 aromatic rings. The Morgan fingerprint density at radius 2 is 1.92 bits per heavy atom. The number of halogens is 2. The number of pyridine rings is 1. The Balaban J connectivity index is 1.56. The van der Waals surface area contributed by atoms with Gasteiger partial charge in [-0.2, -0.15) is 5.10 Å². The third-order valence-corrected chi connectivity index (χ3v) is 4.69. The summed E-state index contributed by atoms with van der Waals surface area (Å²) in [5.74, 6) is -0.0623. The normalized spacial score (nSPS) is 10.7. The highest BCUT2D eigenvalue weighted by atomic mass is 35.5. The third kappa shape index (κ3) is 4.62. The molecular formula is C19H18Cl2N4O. The van der Waals surface area contributed by atoms with Gasteiger partial charge in [0, 0.05) is 59.8 Å². The van der Waals surface area contributed by atoms with Crippen molar-refractivity contribution in [3.05, 3.63) is 70.2 Å². The predicted octanol–water partition coefficient (Wildman–Crippen LogP) is 4.04. The van der Waals surface area contributed by atoms with Crippen molar-refractivity contribution >= 4 is 29.1 Å². The van der Waals surface area contributed by atoms with E-state index < -0.39 is 0 Å². The summed E-state index contributed by atoms with van der Waals surface area (Å²) in [6, 6.07) is 7.33. The van der Waals surface area contributed by atoms with E-state index in [0.717, 1.165) is 22.3 Å². The van der Waals surface area contributed by atoms with Gasteiger partial charge in [-0.05, 0) is 35.7 Å². The van der Waals surface area contributed by atoms with Crippen molar-refractivity contribution in [1.29, 1.82) is 0 Å². The Bertz CT molecular complexity index is 903. The molecule has 1 aromatic carbocycles. The van der Waals surface area contributed by atoms with Crippen LogP contribution in [-0.2, 0) is 24.8 Å². The standard InChI is InChI=1S/C19H18Cl2N4O/c1-25-12-15(11-24-25)14-7-13(8-22-10-14)9-23-19(26)6-5-16-17(20)3-2-4-18(16)21/h2-4,7-8,10-12H,5-6,9H2,1H3,(H,23,26). The quantitative estimate of drug-likeness (QED) is 0.692. The number of hydrogen-bond donors (Lipinski definition) is 1.